The second kappa shape index (κ2) is 5.57. The van der Waals surface area contributed by atoms with Crippen molar-refractivity contribution in [2.75, 3.05) is 18.9 Å². The number of amides is 1. The van der Waals surface area contributed by atoms with Crippen LogP contribution in [0.25, 0.3) is 0 Å². The van der Waals surface area contributed by atoms with Gasteiger partial charge in [0.15, 0.2) is 5.15 Å². The van der Waals surface area contributed by atoms with Crippen LogP contribution in [-0.2, 0) is 4.79 Å². The molecule has 1 amide bonds. The minimum absolute atomic E-state index is 0.0748. The molecule has 0 spiro atoms. The van der Waals surface area contributed by atoms with E-state index in [9.17, 15) is 4.79 Å². The average Bonchev–Trinajstić information content (AvgIpc) is 2.18. The molecule has 5 heteroatoms. The molecule has 14 heavy (non-hydrogen) atoms. The lowest BCUT2D eigenvalue weighted by molar-refractivity contribution is -0.116. The van der Waals surface area contributed by atoms with E-state index in [1.807, 2.05) is 0 Å². The number of anilines is 1. The lowest BCUT2D eigenvalue weighted by Gasteiger charge is -2.05. The summed E-state index contributed by atoms with van der Waals surface area (Å²) in [4.78, 5) is 15.1. The molecule has 0 atom stereocenters. The molecule has 0 aliphatic heterocycles. The summed E-state index contributed by atoms with van der Waals surface area (Å²) in [6.07, 6.45) is 1.99. The Bertz CT molecular complexity index is 317. The van der Waals surface area contributed by atoms with Crippen LogP contribution in [0.3, 0.4) is 0 Å². The first-order valence-corrected chi connectivity index (χ1v) is 4.67. The molecule has 1 aromatic heterocycles. The van der Waals surface area contributed by atoms with Gasteiger partial charge in [-0.3, -0.25) is 4.79 Å². The topological polar surface area (TPSA) is 54.0 Å². The van der Waals surface area contributed by atoms with Crippen molar-refractivity contribution in [1.82, 2.24) is 10.3 Å². The van der Waals surface area contributed by atoms with Crippen LogP contribution in [0.15, 0.2) is 18.3 Å². The van der Waals surface area contributed by atoms with Gasteiger partial charge in [-0.25, -0.2) is 4.98 Å². The summed E-state index contributed by atoms with van der Waals surface area (Å²) in [5.74, 6) is -0.0748. The van der Waals surface area contributed by atoms with Gasteiger partial charge < -0.3 is 10.6 Å². The number of hydrogen-bond donors (Lipinski definition) is 2. The van der Waals surface area contributed by atoms with E-state index in [2.05, 4.69) is 15.6 Å². The Labute approximate surface area is 87.7 Å². The van der Waals surface area contributed by atoms with E-state index in [-0.39, 0.29) is 5.91 Å². The Morgan fingerprint density at radius 2 is 2.43 bits per heavy atom. The van der Waals surface area contributed by atoms with Crippen molar-refractivity contribution in [3.8, 4) is 0 Å². The molecule has 0 saturated heterocycles. The van der Waals surface area contributed by atoms with E-state index in [0.717, 1.165) is 0 Å². The summed E-state index contributed by atoms with van der Waals surface area (Å²) in [6.45, 7) is 0.643. The molecule has 0 unspecified atom stereocenters. The van der Waals surface area contributed by atoms with E-state index in [4.69, 9.17) is 11.6 Å². The predicted octanol–water partition coefficient (Wildman–Crippen LogP) is 1.28. The van der Waals surface area contributed by atoms with E-state index in [0.29, 0.717) is 23.8 Å². The number of hydrogen-bond acceptors (Lipinski definition) is 3. The maximum atomic E-state index is 11.3. The molecule has 0 saturated carbocycles. The summed E-state index contributed by atoms with van der Waals surface area (Å²) < 4.78 is 0. The molecule has 0 fully saturated rings. The Kier molecular flexibility index (Phi) is 4.35. The molecule has 0 aliphatic rings. The maximum absolute atomic E-state index is 11.3. The van der Waals surface area contributed by atoms with Crippen LogP contribution in [0.4, 0.5) is 5.69 Å². The van der Waals surface area contributed by atoms with Crippen LogP contribution < -0.4 is 10.6 Å². The highest BCUT2D eigenvalue weighted by Gasteiger charge is 2.04. The Hall–Kier alpha value is -1.13. The van der Waals surface area contributed by atoms with Crippen LogP contribution in [-0.4, -0.2) is 24.5 Å². The first-order valence-electron chi connectivity index (χ1n) is 4.29. The summed E-state index contributed by atoms with van der Waals surface area (Å²) in [6, 6.07) is 3.44. The van der Waals surface area contributed by atoms with Gasteiger partial charge >= 0.3 is 0 Å². The number of carbonyl (C=O) groups is 1. The summed E-state index contributed by atoms with van der Waals surface area (Å²) in [5.41, 5.74) is 0.551. The number of halogens is 1. The fourth-order valence-electron chi connectivity index (χ4n) is 0.931. The Morgan fingerprint density at radius 1 is 1.64 bits per heavy atom. The highest BCUT2D eigenvalue weighted by molar-refractivity contribution is 6.32. The molecule has 0 bridgehead atoms. The van der Waals surface area contributed by atoms with Gasteiger partial charge in [0.05, 0.1) is 5.69 Å². The largest absolute Gasteiger partial charge is 0.323 e. The number of pyridine rings is 1. The molecular formula is C9H12ClN3O. The fourth-order valence-corrected chi connectivity index (χ4v) is 1.10. The van der Waals surface area contributed by atoms with E-state index in [1.54, 1.807) is 25.4 Å². The molecule has 0 aromatic carbocycles. The molecule has 4 nitrogen and oxygen atoms in total. The van der Waals surface area contributed by atoms with Crippen molar-refractivity contribution in [2.45, 2.75) is 6.42 Å². The van der Waals surface area contributed by atoms with Crippen molar-refractivity contribution in [3.05, 3.63) is 23.5 Å². The maximum Gasteiger partial charge on any atom is 0.225 e. The van der Waals surface area contributed by atoms with Crippen molar-refractivity contribution in [1.29, 1.82) is 0 Å². The second-order valence-corrected chi connectivity index (χ2v) is 3.10. The first-order chi connectivity index (χ1) is 6.74. The van der Waals surface area contributed by atoms with Crippen LogP contribution in [0.2, 0.25) is 5.15 Å². The average molecular weight is 214 g/mol. The number of rotatable bonds is 4. The van der Waals surface area contributed by atoms with Gasteiger partial charge in [-0.05, 0) is 19.2 Å². The standard InChI is InChI=1S/C9H12ClN3O/c1-11-6-4-8(14)13-7-3-2-5-12-9(7)10/h2-3,5,11H,4,6H2,1H3,(H,13,14). The van der Waals surface area contributed by atoms with Crippen LogP contribution in [0, 0.1) is 0 Å². The van der Waals surface area contributed by atoms with E-state index in [1.165, 1.54) is 0 Å². The lowest BCUT2D eigenvalue weighted by Crippen LogP contribution is -2.18. The minimum Gasteiger partial charge on any atom is -0.323 e. The smallest absolute Gasteiger partial charge is 0.225 e. The summed E-state index contributed by atoms with van der Waals surface area (Å²) >= 11 is 5.76. The quantitative estimate of drug-likeness (QED) is 0.741. The zero-order chi connectivity index (χ0) is 10.4. The van der Waals surface area contributed by atoms with Crippen molar-refractivity contribution < 1.29 is 4.79 Å². The van der Waals surface area contributed by atoms with Crippen molar-refractivity contribution in [2.24, 2.45) is 0 Å². The zero-order valence-corrected chi connectivity index (χ0v) is 8.64. The molecule has 1 heterocycles. The van der Waals surface area contributed by atoms with E-state index >= 15 is 0 Å². The number of nitrogens with zero attached hydrogens (tertiary/aromatic N) is 1. The zero-order valence-electron chi connectivity index (χ0n) is 7.88. The van der Waals surface area contributed by atoms with Gasteiger partial charge in [0.2, 0.25) is 5.91 Å². The number of aromatic nitrogens is 1. The van der Waals surface area contributed by atoms with Crippen molar-refractivity contribution in [3.63, 3.8) is 0 Å². The second-order valence-electron chi connectivity index (χ2n) is 2.74. The Balaban J connectivity index is 2.52. The highest BCUT2D eigenvalue weighted by Crippen LogP contribution is 2.17. The predicted molar refractivity (Wildman–Crippen MR) is 56.4 cm³/mol. The molecular weight excluding hydrogens is 202 g/mol. The molecule has 1 rings (SSSR count). The van der Waals surface area contributed by atoms with Crippen LogP contribution in [0.5, 0.6) is 0 Å². The molecule has 1 aromatic rings. The summed E-state index contributed by atoms with van der Waals surface area (Å²) in [7, 11) is 1.80. The molecule has 0 radical (unpaired) electrons. The lowest BCUT2D eigenvalue weighted by atomic mass is 10.3. The van der Waals surface area contributed by atoms with Gasteiger partial charge in [0.25, 0.3) is 0 Å². The minimum atomic E-state index is -0.0748. The third kappa shape index (κ3) is 3.32. The van der Waals surface area contributed by atoms with Crippen molar-refractivity contribution >= 4 is 23.2 Å². The molecule has 76 valence electrons. The Morgan fingerprint density at radius 3 is 3.07 bits per heavy atom. The van der Waals surface area contributed by atoms with Crippen LogP contribution >= 0.6 is 11.6 Å². The van der Waals surface area contributed by atoms with Gasteiger partial charge in [0.1, 0.15) is 0 Å². The monoisotopic (exact) mass is 213 g/mol. The SMILES string of the molecule is CNCCC(=O)Nc1cccnc1Cl. The summed E-state index contributed by atoms with van der Waals surface area (Å²) in [5, 5.41) is 5.87. The van der Waals surface area contributed by atoms with Crippen LogP contribution in [0.1, 0.15) is 6.42 Å². The highest BCUT2D eigenvalue weighted by atomic mass is 35.5. The normalized spacial score (nSPS) is 9.86. The van der Waals surface area contributed by atoms with Gasteiger partial charge in [-0.15, -0.1) is 0 Å². The molecule has 2 N–H and O–H groups in total. The first kappa shape index (κ1) is 10.9. The van der Waals surface area contributed by atoms with Gasteiger partial charge in [-0.1, -0.05) is 11.6 Å². The van der Waals surface area contributed by atoms with Gasteiger partial charge in [-0.2, -0.15) is 0 Å². The third-order valence-electron chi connectivity index (χ3n) is 1.64. The van der Waals surface area contributed by atoms with E-state index < -0.39 is 0 Å². The molecule has 0 aliphatic carbocycles. The number of nitrogens with one attached hydrogen (secondary N) is 2. The van der Waals surface area contributed by atoms with Gasteiger partial charge in [0, 0.05) is 19.2 Å². The number of carbonyl (C=O) groups excluding carboxylic acids is 1. The third-order valence-corrected chi connectivity index (χ3v) is 1.94. The fraction of sp³-hybridized carbons (Fsp3) is 0.333.